The highest BCUT2D eigenvalue weighted by Gasteiger charge is 2.53. The monoisotopic (exact) mass is 483 g/mol. The van der Waals surface area contributed by atoms with Gasteiger partial charge in [0.15, 0.2) is 14.6 Å². The topological polar surface area (TPSA) is 63.2 Å². The van der Waals surface area contributed by atoms with E-state index in [9.17, 15) is 13.2 Å². The molecule has 4 nitrogen and oxygen atoms in total. The maximum Gasteiger partial charge on any atom is 0.246 e. The number of carbonyl (C=O) groups is 1. The van der Waals surface area contributed by atoms with Gasteiger partial charge in [-0.2, -0.15) is 0 Å². The zero-order valence-electron chi connectivity index (χ0n) is 14.9. The van der Waals surface area contributed by atoms with Gasteiger partial charge in [-0.1, -0.05) is 37.1 Å². The van der Waals surface area contributed by atoms with Gasteiger partial charge in [0, 0.05) is 3.57 Å². The van der Waals surface area contributed by atoms with Crippen LogP contribution in [0.25, 0.3) is 0 Å². The first-order valence-corrected chi connectivity index (χ1v) is 11.2. The van der Waals surface area contributed by atoms with Gasteiger partial charge >= 0.3 is 0 Å². The van der Waals surface area contributed by atoms with Crippen LogP contribution >= 0.6 is 22.6 Å². The minimum Gasteiger partial charge on any atom is -0.324 e. The highest BCUT2D eigenvalue weighted by atomic mass is 127. The van der Waals surface area contributed by atoms with E-state index in [1.54, 1.807) is 19.1 Å². The van der Waals surface area contributed by atoms with Crippen LogP contribution in [0.1, 0.15) is 36.8 Å². The van der Waals surface area contributed by atoms with E-state index in [-0.39, 0.29) is 4.90 Å². The molecule has 1 amide bonds. The second-order valence-electron chi connectivity index (χ2n) is 6.91. The van der Waals surface area contributed by atoms with Crippen LogP contribution in [-0.4, -0.2) is 19.1 Å². The van der Waals surface area contributed by atoms with Crippen molar-refractivity contribution in [2.24, 2.45) is 0 Å². The molecule has 0 aromatic heterocycles. The second-order valence-corrected chi connectivity index (χ2v) is 10.3. The van der Waals surface area contributed by atoms with Crippen molar-refractivity contribution in [1.82, 2.24) is 0 Å². The summed E-state index contributed by atoms with van der Waals surface area (Å²) in [7, 11) is -3.80. The number of anilines is 1. The fourth-order valence-electron chi connectivity index (χ4n) is 3.57. The number of carbonyl (C=O) groups excluding carboxylic acids is 1. The van der Waals surface area contributed by atoms with Crippen molar-refractivity contribution in [1.29, 1.82) is 0 Å². The maximum absolute atomic E-state index is 13.6. The lowest BCUT2D eigenvalue weighted by atomic mass is 10.1. The average Bonchev–Trinajstić information content (AvgIpc) is 3.10. The molecular formula is C20H22INO3S. The van der Waals surface area contributed by atoms with Crippen LogP contribution in [0.4, 0.5) is 5.69 Å². The predicted molar refractivity (Wildman–Crippen MR) is 112 cm³/mol. The smallest absolute Gasteiger partial charge is 0.246 e. The predicted octanol–water partition coefficient (Wildman–Crippen LogP) is 4.63. The number of benzene rings is 2. The number of hydrogen-bond acceptors (Lipinski definition) is 3. The molecule has 0 atom stereocenters. The Morgan fingerprint density at radius 3 is 2.38 bits per heavy atom. The first-order chi connectivity index (χ1) is 12.3. The normalized spacial score (nSPS) is 16.4. The van der Waals surface area contributed by atoms with E-state index in [2.05, 4.69) is 27.9 Å². The molecule has 0 unspecified atom stereocenters. The van der Waals surface area contributed by atoms with Crippen LogP contribution in [0.5, 0.6) is 0 Å². The number of aryl methyl sites for hydroxylation is 2. The van der Waals surface area contributed by atoms with Crippen LogP contribution in [0, 0.1) is 17.4 Å². The molecule has 0 aliphatic heterocycles. The van der Waals surface area contributed by atoms with Crippen molar-refractivity contribution >= 4 is 44.0 Å². The number of sulfone groups is 1. The van der Waals surface area contributed by atoms with Gasteiger partial charge < -0.3 is 5.32 Å². The fourth-order valence-corrected chi connectivity index (χ4v) is 6.47. The molecule has 2 aromatic carbocycles. The third-order valence-corrected chi connectivity index (χ3v) is 8.68. The van der Waals surface area contributed by atoms with Gasteiger partial charge in [-0.15, -0.1) is 0 Å². The number of halogens is 1. The molecular weight excluding hydrogens is 461 g/mol. The molecule has 1 N–H and O–H groups in total. The largest absolute Gasteiger partial charge is 0.324 e. The Morgan fingerprint density at radius 2 is 1.73 bits per heavy atom. The molecule has 1 fully saturated rings. The molecule has 1 saturated carbocycles. The zero-order valence-corrected chi connectivity index (χ0v) is 17.9. The lowest BCUT2D eigenvalue weighted by Crippen LogP contribution is -2.47. The van der Waals surface area contributed by atoms with Gasteiger partial charge in [0.05, 0.1) is 10.6 Å². The molecule has 138 valence electrons. The van der Waals surface area contributed by atoms with Crippen molar-refractivity contribution < 1.29 is 13.2 Å². The summed E-state index contributed by atoms with van der Waals surface area (Å²) in [5.74, 6) is -0.417. The van der Waals surface area contributed by atoms with Gasteiger partial charge in [-0.25, -0.2) is 8.42 Å². The third-order valence-electron chi connectivity index (χ3n) is 5.09. The molecule has 0 heterocycles. The number of amides is 1. The lowest BCUT2D eigenvalue weighted by molar-refractivity contribution is -0.118. The minimum atomic E-state index is -3.80. The van der Waals surface area contributed by atoms with Crippen LogP contribution < -0.4 is 5.32 Å². The Morgan fingerprint density at radius 1 is 1.08 bits per heavy atom. The third kappa shape index (κ3) is 3.29. The van der Waals surface area contributed by atoms with E-state index in [0.717, 1.165) is 22.0 Å². The van der Waals surface area contributed by atoms with Crippen molar-refractivity contribution in [3.63, 3.8) is 0 Å². The Balaban J connectivity index is 2.06. The fraction of sp³-hybridized carbons (Fsp3) is 0.350. The summed E-state index contributed by atoms with van der Waals surface area (Å²) in [5, 5.41) is 2.88. The summed E-state index contributed by atoms with van der Waals surface area (Å²) >= 11 is 2.14. The molecule has 6 heteroatoms. The van der Waals surface area contributed by atoms with E-state index in [1.807, 2.05) is 37.3 Å². The Hall–Kier alpha value is -1.41. The molecule has 0 saturated heterocycles. The Kier molecular flexibility index (Phi) is 5.44. The molecule has 0 bridgehead atoms. The maximum atomic E-state index is 13.6. The molecule has 26 heavy (non-hydrogen) atoms. The number of nitrogens with one attached hydrogen (secondary N) is 1. The van der Waals surface area contributed by atoms with Gasteiger partial charge in [-0.05, 0) is 78.6 Å². The summed E-state index contributed by atoms with van der Waals surface area (Å²) in [6, 6.07) is 12.8. The van der Waals surface area contributed by atoms with Crippen molar-refractivity contribution in [3.8, 4) is 0 Å². The molecule has 2 aromatic rings. The molecule has 3 rings (SSSR count). The summed E-state index contributed by atoms with van der Waals surface area (Å²) < 4.78 is 26.7. The quantitative estimate of drug-likeness (QED) is 0.645. The SMILES string of the molecule is Cc1ccc(C)c(S(=O)(=O)C2(C(=O)Nc3ccccc3I)CCCC2)c1. The van der Waals surface area contributed by atoms with Gasteiger partial charge in [-0.3, -0.25) is 4.79 Å². The lowest BCUT2D eigenvalue weighted by Gasteiger charge is -2.28. The first-order valence-electron chi connectivity index (χ1n) is 8.66. The molecule has 0 spiro atoms. The van der Waals surface area contributed by atoms with E-state index in [0.29, 0.717) is 24.1 Å². The number of hydrogen-bond donors (Lipinski definition) is 1. The van der Waals surface area contributed by atoms with E-state index in [4.69, 9.17) is 0 Å². The van der Waals surface area contributed by atoms with Crippen LogP contribution in [0.15, 0.2) is 47.4 Å². The van der Waals surface area contributed by atoms with Gasteiger partial charge in [0.25, 0.3) is 0 Å². The van der Waals surface area contributed by atoms with Crippen molar-refractivity contribution in [2.75, 3.05) is 5.32 Å². The highest BCUT2D eigenvalue weighted by molar-refractivity contribution is 14.1. The minimum absolute atomic E-state index is 0.275. The number of para-hydroxylation sites is 1. The summed E-state index contributed by atoms with van der Waals surface area (Å²) in [5.41, 5.74) is 2.21. The zero-order chi connectivity index (χ0) is 18.9. The summed E-state index contributed by atoms with van der Waals surface area (Å²) in [6.07, 6.45) is 2.20. The van der Waals surface area contributed by atoms with Gasteiger partial charge in [0.2, 0.25) is 5.91 Å². The van der Waals surface area contributed by atoms with Crippen molar-refractivity contribution in [3.05, 3.63) is 57.2 Å². The van der Waals surface area contributed by atoms with E-state index in [1.165, 1.54) is 0 Å². The van der Waals surface area contributed by atoms with Crippen LogP contribution in [0.3, 0.4) is 0 Å². The molecule has 0 radical (unpaired) electrons. The van der Waals surface area contributed by atoms with Gasteiger partial charge in [0.1, 0.15) is 0 Å². The summed E-state index contributed by atoms with van der Waals surface area (Å²) in [6.45, 7) is 3.65. The summed E-state index contributed by atoms with van der Waals surface area (Å²) in [4.78, 5) is 13.5. The van der Waals surface area contributed by atoms with Crippen LogP contribution in [0.2, 0.25) is 0 Å². The molecule has 1 aliphatic rings. The van der Waals surface area contributed by atoms with E-state index >= 15 is 0 Å². The highest BCUT2D eigenvalue weighted by Crippen LogP contribution is 2.42. The first kappa shape index (κ1) is 19.4. The van der Waals surface area contributed by atoms with Crippen molar-refractivity contribution in [2.45, 2.75) is 49.2 Å². The molecule has 1 aliphatic carbocycles. The van der Waals surface area contributed by atoms with E-state index < -0.39 is 20.5 Å². The second kappa shape index (κ2) is 7.31. The number of rotatable bonds is 4. The van der Waals surface area contributed by atoms with Crippen LogP contribution in [-0.2, 0) is 14.6 Å². The standard InChI is InChI=1S/C20H22INO3S/c1-14-9-10-15(2)18(13-14)26(24,25)20(11-5-6-12-20)19(23)22-17-8-4-3-7-16(17)21/h3-4,7-10,13H,5-6,11-12H2,1-2H3,(H,22,23). The Labute approximate surface area is 168 Å². The Bertz CT molecular complexity index is 947. The average molecular weight is 483 g/mol.